The summed E-state index contributed by atoms with van der Waals surface area (Å²) in [6, 6.07) is 6.92. The van der Waals surface area contributed by atoms with Gasteiger partial charge in [0.15, 0.2) is 0 Å². The maximum atomic E-state index is 5.55. The molecule has 2 rings (SSSR count). The van der Waals surface area contributed by atoms with E-state index in [0.717, 1.165) is 25.3 Å². The Morgan fingerprint density at radius 2 is 2.11 bits per heavy atom. The van der Waals surface area contributed by atoms with Crippen LogP contribution in [0.25, 0.3) is 0 Å². The second-order valence-corrected chi connectivity index (χ2v) is 6.28. The lowest BCUT2D eigenvalue weighted by Gasteiger charge is -2.34. The van der Waals surface area contributed by atoms with E-state index >= 15 is 0 Å². The fourth-order valence-corrected chi connectivity index (χ4v) is 2.15. The molecule has 3 heteroatoms. The van der Waals surface area contributed by atoms with Crippen LogP contribution < -0.4 is 10.1 Å². The molecular weight excluding hydrogens is 236 g/mol. The van der Waals surface area contributed by atoms with Crippen molar-refractivity contribution in [1.82, 2.24) is 10.2 Å². The molecule has 0 saturated carbocycles. The van der Waals surface area contributed by atoms with Gasteiger partial charge in [0.2, 0.25) is 0 Å². The van der Waals surface area contributed by atoms with Gasteiger partial charge in [0, 0.05) is 24.5 Å². The van der Waals surface area contributed by atoms with Crippen LogP contribution in [0.5, 0.6) is 5.75 Å². The summed E-state index contributed by atoms with van der Waals surface area (Å²) in [7, 11) is 4.25. The number of ether oxygens (including phenoxy) is 1. The zero-order chi connectivity index (χ0) is 14.0. The third-order valence-corrected chi connectivity index (χ3v) is 4.27. The molecule has 0 aliphatic carbocycles. The summed E-state index contributed by atoms with van der Waals surface area (Å²) in [5.41, 5.74) is 2.85. The largest absolute Gasteiger partial charge is 0.493 e. The predicted molar refractivity (Wildman–Crippen MR) is 79.8 cm³/mol. The first-order valence-corrected chi connectivity index (χ1v) is 7.06. The van der Waals surface area contributed by atoms with Crippen LogP contribution in [0.3, 0.4) is 0 Å². The van der Waals surface area contributed by atoms with Gasteiger partial charge >= 0.3 is 0 Å². The van der Waals surface area contributed by atoms with E-state index in [0.29, 0.717) is 6.04 Å². The lowest BCUT2D eigenvalue weighted by atomic mass is 10.0. The molecule has 3 nitrogen and oxygen atoms in total. The van der Waals surface area contributed by atoms with E-state index in [9.17, 15) is 0 Å². The first kappa shape index (κ1) is 14.4. The Bertz CT molecular complexity index is 440. The lowest BCUT2D eigenvalue weighted by Crippen LogP contribution is -2.47. The molecule has 1 N–H and O–H groups in total. The first-order valence-electron chi connectivity index (χ1n) is 7.06. The topological polar surface area (TPSA) is 24.5 Å². The Morgan fingerprint density at radius 1 is 1.37 bits per heavy atom. The van der Waals surface area contributed by atoms with Gasteiger partial charge < -0.3 is 15.0 Å². The number of nitrogens with one attached hydrogen (secondary N) is 1. The maximum Gasteiger partial charge on any atom is 0.122 e. The third kappa shape index (κ3) is 3.28. The molecule has 1 unspecified atom stereocenters. The second-order valence-electron chi connectivity index (χ2n) is 6.28. The van der Waals surface area contributed by atoms with Crippen molar-refractivity contribution in [1.29, 1.82) is 0 Å². The summed E-state index contributed by atoms with van der Waals surface area (Å²) < 4.78 is 5.55. The normalized spacial score (nSPS) is 16.3. The molecule has 19 heavy (non-hydrogen) atoms. The highest BCUT2D eigenvalue weighted by molar-refractivity contribution is 5.40. The molecule has 1 aliphatic rings. The molecule has 0 aromatic heterocycles. The molecule has 1 heterocycles. The first-order chi connectivity index (χ1) is 8.90. The zero-order valence-corrected chi connectivity index (χ0v) is 12.8. The van der Waals surface area contributed by atoms with Crippen molar-refractivity contribution < 1.29 is 4.74 Å². The fraction of sp³-hybridized carbons (Fsp3) is 0.625. The van der Waals surface area contributed by atoms with Crippen molar-refractivity contribution >= 4 is 0 Å². The van der Waals surface area contributed by atoms with E-state index in [1.807, 2.05) is 0 Å². The molecule has 0 fully saturated rings. The number of likely N-dealkylation sites (N-methyl/N-ethyl adjacent to an activating group) is 1. The molecule has 1 aromatic rings. The fourth-order valence-electron chi connectivity index (χ4n) is 2.15. The van der Waals surface area contributed by atoms with Crippen LogP contribution in [0, 0.1) is 0 Å². The smallest absolute Gasteiger partial charge is 0.122 e. The maximum absolute atomic E-state index is 5.55. The Morgan fingerprint density at radius 3 is 2.79 bits per heavy atom. The summed E-state index contributed by atoms with van der Waals surface area (Å²) in [5, 5.41) is 3.63. The van der Waals surface area contributed by atoms with E-state index in [1.54, 1.807) is 0 Å². The van der Waals surface area contributed by atoms with Gasteiger partial charge in [0.1, 0.15) is 5.75 Å². The van der Waals surface area contributed by atoms with E-state index < -0.39 is 0 Å². The molecular formula is C16H26N2O. The summed E-state index contributed by atoms with van der Waals surface area (Å²) in [4.78, 5) is 2.25. The monoisotopic (exact) mass is 262 g/mol. The van der Waals surface area contributed by atoms with Gasteiger partial charge in [0.05, 0.1) is 6.61 Å². The molecule has 106 valence electrons. The van der Waals surface area contributed by atoms with Crippen LogP contribution in [0.2, 0.25) is 0 Å². The number of fused-ring (bicyclic) bond motifs is 1. The average molecular weight is 262 g/mol. The quantitative estimate of drug-likeness (QED) is 0.883. The molecule has 0 amide bonds. The van der Waals surface area contributed by atoms with Gasteiger partial charge in [-0.15, -0.1) is 0 Å². The van der Waals surface area contributed by atoms with Crippen LogP contribution in [0.1, 0.15) is 37.9 Å². The summed E-state index contributed by atoms with van der Waals surface area (Å²) in [6.07, 6.45) is 1.04. The van der Waals surface area contributed by atoms with Gasteiger partial charge in [-0.05, 0) is 52.1 Å². The van der Waals surface area contributed by atoms with Gasteiger partial charge in [-0.2, -0.15) is 0 Å². The van der Waals surface area contributed by atoms with E-state index in [2.05, 4.69) is 63.3 Å². The number of nitrogens with zero attached hydrogens (tertiary/aromatic N) is 1. The SMILES string of the molecule is CC(NCC(C)(C)N(C)C)c1ccc2c(c1)CCO2. The molecule has 1 atom stereocenters. The minimum atomic E-state index is 0.161. The predicted octanol–water partition coefficient (Wildman–Crippen LogP) is 2.61. The van der Waals surface area contributed by atoms with Crippen molar-refractivity contribution in [2.24, 2.45) is 0 Å². The highest BCUT2D eigenvalue weighted by Gasteiger charge is 2.21. The van der Waals surface area contributed by atoms with Crippen LogP contribution in [-0.4, -0.2) is 37.7 Å². The molecule has 0 radical (unpaired) electrons. The van der Waals surface area contributed by atoms with Crippen LogP contribution in [0.15, 0.2) is 18.2 Å². The Labute approximate surface area is 116 Å². The van der Waals surface area contributed by atoms with E-state index in [-0.39, 0.29) is 5.54 Å². The van der Waals surface area contributed by atoms with Crippen LogP contribution >= 0.6 is 0 Å². The van der Waals surface area contributed by atoms with Crippen molar-refractivity contribution in [3.63, 3.8) is 0 Å². The molecule has 1 aromatic carbocycles. The van der Waals surface area contributed by atoms with Crippen molar-refractivity contribution in [3.8, 4) is 5.75 Å². The summed E-state index contributed by atoms with van der Waals surface area (Å²) in [5.74, 6) is 1.06. The average Bonchev–Trinajstić information content (AvgIpc) is 2.82. The lowest BCUT2D eigenvalue weighted by molar-refractivity contribution is 0.185. The summed E-state index contributed by atoms with van der Waals surface area (Å²) >= 11 is 0. The van der Waals surface area contributed by atoms with Crippen LogP contribution in [0.4, 0.5) is 0 Å². The Kier molecular flexibility index (Phi) is 4.16. The van der Waals surface area contributed by atoms with Crippen molar-refractivity contribution in [2.45, 2.75) is 38.8 Å². The number of hydrogen-bond acceptors (Lipinski definition) is 3. The molecule has 0 spiro atoms. The van der Waals surface area contributed by atoms with Crippen LogP contribution in [-0.2, 0) is 6.42 Å². The van der Waals surface area contributed by atoms with Gasteiger partial charge in [-0.1, -0.05) is 12.1 Å². The van der Waals surface area contributed by atoms with Crippen molar-refractivity contribution in [2.75, 3.05) is 27.2 Å². The Hall–Kier alpha value is -1.06. The summed E-state index contributed by atoms with van der Waals surface area (Å²) in [6.45, 7) is 8.53. The standard InChI is InChI=1S/C16H26N2O/c1-12(17-11-16(2,3)18(4)5)13-6-7-15-14(10-13)8-9-19-15/h6-7,10,12,17H,8-9,11H2,1-5H3. The van der Waals surface area contributed by atoms with Gasteiger partial charge in [-0.3, -0.25) is 0 Å². The minimum absolute atomic E-state index is 0.161. The molecule has 0 bridgehead atoms. The Balaban J connectivity index is 1.99. The number of benzene rings is 1. The third-order valence-electron chi connectivity index (χ3n) is 4.27. The van der Waals surface area contributed by atoms with Crippen molar-refractivity contribution in [3.05, 3.63) is 29.3 Å². The highest BCUT2D eigenvalue weighted by atomic mass is 16.5. The molecule has 0 saturated heterocycles. The number of hydrogen-bond donors (Lipinski definition) is 1. The highest BCUT2D eigenvalue weighted by Crippen LogP contribution is 2.28. The second kappa shape index (κ2) is 5.51. The zero-order valence-electron chi connectivity index (χ0n) is 12.8. The van der Waals surface area contributed by atoms with Gasteiger partial charge in [0.25, 0.3) is 0 Å². The van der Waals surface area contributed by atoms with E-state index in [1.165, 1.54) is 11.1 Å². The molecule has 1 aliphatic heterocycles. The van der Waals surface area contributed by atoms with E-state index in [4.69, 9.17) is 4.74 Å². The minimum Gasteiger partial charge on any atom is -0.493 e. The number of rotatable bonds is 5. The van der Waals surface area contributed by atoms with Gasteiger partial charge in [-0.25, -0.2) is 0 Å².